The molecule has 2 rings (SSSR count). The smallest absolute Gasteiger partial charge is 0.250 e. The van der Waals surface area contributed by atoms with Gasteiger partial charge < -0.3 is 9.30 Å². The van der Waals surface area contributed by atoms with Crippen molar-refractivity contribution in [2.45, 2.75) is 26.4 Å². The Morgan fingerprint density at radius 1 is 1.39 bits per heavy atom. The number of hydrogen-bond donors (Lipinski definition) is 0. The molecule has 0 saturated carbocycles. The van der Waals surface area contributed by atoms with Gasteiger partial charge in [-0.15, -0.1) is 0 Å². The molecule has 0 aliphatic heterocycles. The van der Waals surface area contributed by atoms with Crippen LogP contribution in [0.25, 0.3) is 0 Å². The lowest BCUT2D eigenvalue weighted by molar-refractivity contribution is 0.295. The molecule has 0 radical (unpaired) electrons. The summed E-state index contributed by atoms with van der Waals surface area (Å²) in [5.74, 6) is 0.729. The molecule has 5 nitrogen and oxygen atoms in total. The van der Waals surface area contributed by atoms with Gasteiger partial charge in [0.15, 0.2) is 5.75 Å². The summed E-state index contributed by atoms with van der Waals surface area (Å²) in [6.07, 6.45) is 5.30. The van der Waals surface area contributed by atoms with Gasteiger partial charge >= 0.3 is 0 Å². The summed E-state index contributed by atoms with van der Waals surface area (Å²) >= 11 is 0. The average molecular weight is 247 g/mol. The third kappa shape index (κ3) is 3.00. The van der Waals surface area contributed by atoms with Crippen molar-refractivity contribution in [1.82, 2.24) is 14.3 Å². The second kappa shape index (κ2) is 5.53. The van der Waals surface area contributed by atoms with Crippen LogP contribution in [-0.2, 0) is 6.54 Å². The first-order valence-corrected chi connectivity index (χ1v) is 5.99. The van der Waals surface area contributed by atoms with Crippen LogP contribution in [0.3, 0.4) is 0 Å². The summed E-state index contributed by atoms with van der Waals surface area (Å²) in [5.41, 5.74) is -0.0148. The van der Waals surface area contributed by atoms with Crippen LogP contribution in [0, 0.1) is 0 Å². The lowest BCUT2D eigenvalue weighted by Crippen LogP contribution is -2.21. The van der Waals surface area contributed by atoms with Crippen LogP contribution < -0.4 is 10.3 Å². The Kier molecular flexibility index (Phi) is 3.82. The van der Waals surface area contributed by atoms with Crippen molar-refractivity contribution in [2.24, 2.45) is 0 Å². The minimum Gasteiger partial charge on any atom is -0.488 e. The van der Waals surface area contributed by atoms with E-state index in [0.29, 0.717) is 19.2 Å². The monoisotopic (exact) mass is 247 g/mol. The predicted molar refractivity (Wildman–Crippen MR) is 68.8 cm³/mol. The third-order valence-electron chi connectivity index (χ3n) is 2.61. The van der Waals surface area contributed by atoms with Crippen LogP contribution >= 0.6 is 0 Å². The maximum absolute atomic E-state index is 11.4. The highest BCUT2D eigenvalue weighted by molar-refractivity contribution is 5.11. The van der Waals surface area contributed by atoms with E-state index in [2.05, 4.69) is 18.9 Å². The van der Waals surface area contributed by atoms with Gasteiger partial charge in [-0.2, -0.15) is 5.10 Å². The number of hydrogen-bond acceptors (Lipinski definition) is 3. The van der Waals surface area contributed by atoms with Gasteiger partial charge in [0.25, 0.3) is 5.56 Å². The molecule has 0 aliphatic rings. The van der Waals surface area contributed by atoms with Crippen LogP contribution in [0.1, 0.15) is 19.9 Å². The zero-order valence-electron chi connectivity index (χ0n) is 10.6. The molecule has 18 heavy (non-hydrogen) atoms. The van der Waals surface area contributed by atoms with Crippen LogP contribution in [0.5, 0.6) is 5.75 Å². The van der Waals surface area contributed by atoms with Crippen molar-refractivity contribution in [2.75, 3.05) is 6.61 Å². The Bertz CT molecular complexity index is 557. The first-order valence-electron chi connectivity index (χ1n) is 5.99. The van der Waals surface area contributed by atoms with E-state index in [1.807, 2.05) is 16.9 Å². The molecule has 5 heteroatoms. The van der Waals surface area contributed by atoms with E-state index in [4.69, 9.17) is 4.74 Å². The summed E-state index contributed by atoms with van der Waals surface area (Å²) in [4.78, 5) is 11.4. The maximum Gasteiger partial charge on any atom is 0.250 e. The molecule has 0 fully saturated rings. The minimum absolute atomic E-state index is 0.0148. The number of rotatable bonds is 5. The highest BCUT2D eigenvalue weighted by atomic mass is 16.5. The fraction of sp³-hybridized carbons (Fsp3) is 0.385. The van der Waals surface area contributed by atoms with Gasteiger partial charge in [0.05, 0.1) is 18.9 Å². The van der Waals surface area contributed by atoms with E-state index >= 15 is 0 Å². The molecule has 2 heterocycles. The molecule has 0 spiro atoms. The first-order chi connectivity index (χ1) is 8.66. The molecular weight excluding hydrogens is 230 g/mol. The van der Waals surface area contributed by atoms with Gasteiger partial charge in [-0.05, 0) is 19.9 Å². The van der Waals surface area contributed by atoms with Crippen molar-refractivity contribution in [3.63, 3.8) is 0 Å². The molecule has 0 N–H and O–H groups in total. The SMILES string of the molecule is CC(C)n1cc(OCCn2ccccc2=O)cn1. The van der Waals surface area contributed by atoms with Crippen LogP contribution in [0.15, 0.2) is 41.6 Å². The molecule has 0 bridgehead atoms. The Morgan fingerprint density at radius 2 is 2.22 bits per heavy atom. The molecule has 0 atom stereocenters. The zero-order chi connectivity index (χ0) is 13.0. The lowest BCUT2D eigenvalue weighted by Gasteiger charge is -2.06. The van der Waals surface area contributed by atoms with Crippen molar-refractivity contribution in [3.05, 3.63) is 47.1 Å². The Morgan fingerprint density at radius 3 is 2.89 bits per heavy atom. The first kappa shape index (κ1) is 12.4. The predicted octanol–water partition coefficient (Wildman–Crippen LogP) is 1.70. The van der Waals surface area contributed by atoms with E-state index in [-0.39, 0.29) is 5.56 Å². The topological polar surface area (TPSA) is 49.0 Å². The summed E-state index contributed by atoms with van der Waals surface area (Å²) in [5, 5.41) is 4.18. The fourth-order valence-corrected chi connectivity index (χ4v) is 1.58. The van der Waals surface area contributed by atoms with Gasteiger partial charge in [-0.3, -0.25) is 9.48 Å². The van der Waals surface area contributed by atoms with Gasteiger partial charge in [0.1, 0.15) is 6.61 Å². The van der Waals surface area contributed by atoms with E-state index in [1.54, 1.807) is 23.0 Å². The highest BCUT2D eigenvalue weighted by Gasteiger charge is 2.02. The molecule has 0 aromatic carbocycles. The Balaban J connectivity index is 1.89. The quantitative estimate of drug-likeness (QED) is 0.808. The number of nitrogens with zero attached hydrogens (tertiary/aromatic N) is 3. The average Bonchev–Trinajstić information content (AvgIpc) is 2.80. The molecule has 0 saturated heterocycles. The van der Waals surface area contributed by atoms with Crippen LogP contribution in [0.2, 0.25) is 0 Å². The largest absolute Gasteiger partial charge is 0.488 e. The van der Waals surface area contributed by atoms with Gasteiger partial charge in [-0.25, -0.2) is 0 Å². The minimum atomic E-state index is -0.0148. The zero-order valence-corrected chi connectivity index (χ0v) is 10.6. The second-order valence-electron chi connectivity index (χ2n) is 4.33. The van der Waals surface area contributed by atoms with Crippen LogP contribution in [-0.4, -0.2) is 21.0 Å². The number of pyridine rings is 1. The molecule has 2 aromatic rings. The fourth-order valence-electron chi connectivity index (χ4n) is 1.58. The molecule has 2 aromatic heterocycles. The molecule has 96 valence electrons. The van der Waals surface area contributed by atoms with Crippen molar-refractivity contribution >= 4 is 0 Å². The summed E-state index contributed by atoms with van der Waals surface area (Å²) < 4.78 is 9.01. The van der Waals surface area contributed by atoms with Crippen molar-refractivity contribution in [3.8, 4) is 5.75 Å². The van der Waals surface area contributed by atoms with E-state index in [1.165, 1.54) is 6.07 Å². The standard InChI is InChI=1S/C13H17N3O2/c1-11(2)16-10-12(9-14-16)18-8-7-15-6-4-3-5-13(15)17/h3-6,9-11H,7-8H2,1-2H3. The summed E-state index contributed by atoms with van der Waals surface area (Å²) in [6, 6.07) is 5.42. The third-order valence-corrected chi connectivity index (χ3v) is 2.61. The van der Waals surface area contributed by atoms with Crippen LogP contribution in [0.4, 0.5) is 0 Å². The molecule has 0 aliphatic carbocycles. The lowest BCUT2D eigenvalue weighted by atomic mass is 10.4. The van der Waals surface area contributed by atoms with E-state index in [0.717, 1.165) is 5.75 Å². The van der Waals surface area contributed by atoms with Gasteiger partial charge in [0.2, 0.25) is 0 Å². The van der Waals surface area contributed by atoms with E-state index in [9.17, 15) is 4.79 Å². The van der Waals surface area contributed by atoms with E-state index < -0.39 is 0 Å². The Labute approximate surface area is 106 Å². The van der Waals surface area contributed by atoms with Crippen molar-refractivity contribution < 1.29 is 4.74 Å². The molecule has 0 amide bonds. The number of aromatic nitrogens is 3. The summed E-state index contributed by atoms with van der Waals surface area (Å²) in [6.45, 7) is 5.10. The Hall–Kier alpha value is -2.04. The second-order valence-corrected chi connectivity index (χ2v) is 4.33. The maximum atomic E-state index is 11.4. The molecular formula is C13H17N3O2. The number of ether oxygens (including phenoxy) is 1. The molecule has 0 unspecified atom stereocenters. The van der Waals surface area contributed by atoms with Gasteiger partial charge in [0, 0.05) is 18.3 Å². The summed E-state index contributed by atoms with van der Waals surface area (Å²) in [7, 11) is 0. The van der Waals surface area contributed by atoms with Gasteiger partial charge in [-0.1, -0.05) is 6.07 Å². The van der Waals surface area contributed by atoms with Crippen molar-refractivity contribution in [1.29, 1.82) is 0 Å². The normalized spacial score (nSPS) is 10.8. The highest BCUT2D eigenvalue weighted by Crippen LogP contribution is 2.12.